The summed E-state index contributed by atoms with van der Waals surface area (Å²) < 4.78 is 68.2. The Balaban J connectivity index is 5.24. The molecule has 17 nitrogen and oxygen atoms in total. The van der Waals surface area contributed by atoms with Crippen molar-refractivity contribution in [2.24, 2.45) is 17.8 Å². The molecule has 0 aliphatic rings. The number of hydrogen-bond acceptors (Lipinski definition) is 15. The molecular formula is C69H134O17P2. The fourth-order valence-corrected chi connectivity index (χ4v) is 11.9. The van der Waals surface area contributed by atoms with Gasteiger partial charge >= 0.3 is 39.5 Å². The molecule has 0 bridgehead atoms. The van der Waals surface area contributed by atoms with Crippen LogP contribution in [-0.4, -0.2) is 96.7 Å². The van der Waals surface area contributed by atoms with Gasteiger partial charge in [0.1, 0.15) is 19.3 Å². The maximum absolute atomic E-state index is 13.0. The summed E-state index contributed by atoms with van der Waals surface area (Å²) in [5.41, 5.74) is 0. The molecule has 0 saturated heterocycles. The van der Waals surface area contributed by atoms with Crippen molar-refractivity contribution >= 4 is 39.5 Å². The van der Waals surface area contributed by atoms with Crippen LogP contribution < -0.4 is 0 Å². The molecule has 0 aliphatic heterocycles. The van der Waals surface area contributed by atoms with Crippen LogP contribution in [0.2, 0.25) is 0 Å². The zero-order valence-corrected chi connectivity index (χ0v) is 59.0. The van der Waals surface area contributed by atoms with E-state index in [1.165, 1.54) is 148 Å². The zero-order valence-electron chi connectivity index (χ0n) is 57.2. The number of unbranched alkanes of at least 4 members (excludes halogenated alkanes) is 34. The molecule has 0 aromatic heterocycles. The number of aliphatic hydroxyl groups excluding tert-OH is 1. The average molecular weight is 1300 g/mol. The van der Waals surface area contributed by atoms with Crippen LogP contribution in [0.25, 0.3) is 0 Å². The highest BCUT2D eigenvalue weighted by Gasteiger charge is 2.30. The summed E-state index contributed by atoms with van der Waals surface area (Å²) in [6.07, 6.45) is 43.2. The average Bonchev–Trinajstić information content (AvgIpc) is 3.45. The van der Waals surface area contributed by atoms with Gasteiger partial charge < -0.3 is 33.8 Å². The molecule has 19 heteroatoms. The largest absolute Gasteiger partial charge is 0.472 e. The Morgan fingerprint density at radius 3 is 0.864 bits per heavy atom. The summed E-state index contributed by atoms with van der Waals surface area (Å²) in [4.78, 5) is 72.4. The maximum atomic E-state index is 13.0. The Morgan fingerprint density at radius 1 is 0.330 bits per heavy atom. The number of esters is 4. The van der Waals surface area contributed by atoms with Crippen LogP contribution in [0.1, 0.15) is 344 Å². The molecule has 3 N–H and O–H groups in total. The molecule has 6 atom stereocenters. The highest BCUT2D eigenvalue weighted by atomic mass is 31.2. The Labute approximate surface area is 537 Å². The lowest BCUT2D eigenvalue weighted by Gasteiger charge is -2.21. The van der Waals surface area contributed by atoms with Crippen LogP contribution in [0.3, 0.4) is 0 Å². The number of carbonyl (C=O) groups excluding carboxylic acids is 4. The van der Waals surface area contributed by atoms with E-state index in [-0.39, 0.29) is 25.7 Å². The minimum absolute atomic E-state index is 0.102. The molecule has 0 amide bonds. The quantitative estimate of drug-likeness (QED) is 0.0222. The van der Waals surface area contributed by atoms with Gasteiger partial charge in [-0.1, -0.05) is 292 Å². The number of ether oxygens (including phenoxy) is 4. The third-order valence-corrected chi connectivity index (χ3v) is 18.1. The van der Waals surface area contributed by atoms with E-state index < -0.39 is 97.5 Å². The highest BCUT2D eigenvalue weighted by Crippen LogP contribution is 2.45. The Hall–Kier alpha value is -1.94. The van der Waals surface area contributed by atoms with Crippen molar-refractivity contribution in [2.75, 3.05) is 39.6 Å². The number of carbonyl (C=O) groups is 4. The monoisotopic (exact) mass is 1300 g/mol. The summed E-state index contributed by atoms with van der Waals surface area (Å²) in [5.74, 6) is 0.0548. The van der Waals surface area contributed by atoms with Gasteiger partial charge in [0, 0.05) is 25.7 Å². The highest BCUT2D eigenvalue weighted by molar-refractivity contribution is 7.47. The summed E-state index contributed by atoms with van der Waals surface area (Å²) >= 11 is 0. The smallest absolute Gasteiger partial charge is 0.462 e. The molecule has 0 heterocycles. The van der Waals surface area contributed by atoms with Crippen molar-refractivity contribution < 1.29 is 80.2 Å². The van der Waals surface area contributed by atoms with E-state index in [4.69, 9.17) is 37.0 Å². The first-order valence-electron chi connectivity index (χ1n) is 35.9. The molecule has 0 fully saturated rings. The first-order chi connectivity index (χ1) is 42.3. The number of phosphoric acid groups is 2. The molecule has 0 aromatic carbocycles. The Bertz CT molecular complexity index is 1730. The van der Waals surface area contributed by atoms with Crippen LogP contribution in [-0.2, 0) is 65.4 Å². The fourth-order valence-electron chi connectivity index (χ4n) is 10.3. The second-order valence-electron chi connectivity index (χ2n) is 26.1. The summed E-state index contributed by atoms with van der Waals surface area (Å²) in [6.45, 7) is 11.7. The molecule has 522 valence electrons. The van der Waals surface area contributed by atoms with Gasteiger partial charge in [0.05, 0.1) is 26.4 Å². The molecule has 0 rings (SSSR count). The second kappa shape index (κ2) is 60.0. The van der Waals surface area contributed by atoms with Crippen LogP contribution >= 0.6 is 15.6 Å². The number of hydrogen-bond donors (Lipinski definition) is 3. The van der Waals surface area contributed by atoms with E-state index in [0.29, 0.717) is 31.6 Å². The van der Waals surface area contributed by atoms with Crippen LogP contribution in [0.15, 0.2) is 0 Å². The number of phosphoric ester groups is 2. The predicted octanol–water partition coefficient (Wildman–Crippen LogP) is 19.5. The van der Waals surface area contributed by atoms with Crippen molar-refractivity contribution in [2.45, 2.75) is 362 Å². The molecule has 0 saturated carbocycles. The van der Waals surface area contributed by atoms with Gasteiger partial charge in [-0.15, -0.1) is 0 Å². The van der Waals surface area contributed by atoms with Gasteiger partial charge in [-0.3, -0.25) is 37.3 Å². The van der Waals surface area contributed by atoms with Crippen LogP contribution in [0.5, 0.6) is 0 Å². The maximum Gasteiger partial charge on any atom is 0.472 e. The summed E-state index contributed by atoms with van der Waals surface area (Å²) in [7, 11) is -9.90. The van der Waals surface area contributed by atoms with Crippen LogP contribution in [0.4, 0.5) is 0 Å². The molecule has 0 aromatic rings. The van der Waals surface area contributed by atoms with E-state index in [1.807, 2.05) is 0 Å². The summed E-state index contributed by atoms with van der Waals surface area (Å²) in [6, 6.07) is 0. The number of rotatable bonds is 67. The normalized spacial score (nSPS) is 14.5. The molecule has 0 spiro atoms. The second-order valence-corrected chi connectivity index (χ2v) is 29.0. The van der Waals surface area contributed by atoms with Gasteiger partial charge in [0.15, 0.2) is 12.2 Å². The lowest BCUT2D eigenvalue weighted by Crippen LogP contribution is -2.30. The van der Waals surface area contributed by atoms with Gasteiger partial charge in [-0.25, -0.2) is 9.13 Å². The van der Waals surface area contributed by atoms with Gasteiger partial charge in [-0.05, 0) is 43.4 Å². The summed E-state index contributed by atoms with van der Waals surface area (Å²) in [5, 5.41) is 10.6. The van der Waals surface area contributed by atoms with E-state index in [9.17, 15) is 43.2 Å². The van der Waals surface area contributed by atoms with E-state index in [0.717, 1.165) is 108 Å². The molecule has 3 unspecified atom stereocenters. The Kier molecular flexibility index (Phi) is 58.7. The molecule has 88 heavy (non-hydrogen) atoms. The van der Waals surface area contributed by atoms with Gasteiger partial charge in [0.25, 0.3) is 0 Å². The van der Waals surface area contributed by atoms with Gasteiger partial charge in [0.2, 0.25) is 0 Å². The van der Waals surface area contributed by atoms with Crippen molar-refractivity contribution in [1.82, 2.24) is 0 Å². The minimum atomic E-state index is -4.95. The first kappa shape index (κ1) is 86.1. The van der Waals surface area contributed by atoms with Crippen LogP contribution in [0, 0.1) is 17.8 Å². The lowest BCUT2D eigenvalue weighted by atomic mass is 10.00. The van der Waals surface area contributed by atoms with E-state index in [1.54, 1.807) is 0 Å². The van der Waals surface area contributed by atoms with Crippen molar-refractivity contribution in [3.05, 3.63) is 0 Å². The standard InChI is InChI=1S/C69H134O17P2/c1-8-10-11-12-13-14-15-17-21-24-27-36-43-50-66(71)79-56-64(85-68(73)52-45-38-28-25-22-19-16-18-20-23-26-33-40-47-60(3)4)58-83-87(75,76)81-54-63(70)55-82-88(77,78)84-59-65(57-80-67(72)51-44-37-31-29-34-41-48-61(5)6)86-69(74)53-46-39-32-30-35-42-49-62(7)9-2/h60-65,70H,8-59H2,1-7H3,(H,75,76)(H,77,78)/t62?,63-,64-,65-/m1/s1. The number of aliphatic hydroxyl groups is 1. The van der Waals surface area contributed by atoms with E-state index >= 15 is 0 Å². The molecular weight excluding hydrogens is 1160 g/mol. The lowest BCUT2D eigenvalue weighted by molar-refractivity contribution is -0.161. The fraction of sp³-hybridized carbons (Fsp3) is 0.942. The molecule has 0 aliphatic carbocycles. The van der Waals surface area contributed by atoms with Crippen molar-refractivity contribution in [3.63, 3.8) is 0 Å². The van der Waals surface area contributed by atoms with Crippen molar-refractivity contribution in [1.29, 1.82) is 0 Å². The van der Waals surface area contributed by atoms with Crippen molar-refractivity contribution in [3.8, 4) is 0 Å². The first-order valence-corrected chi connectivity index (χ1v) is 38.9. The van der Waals surface area contributed by atoms with Gasteiger partial charge in [-0.2, -0.15) is 0 Å². The topological polar surface area (TPSA) is 237 Å². The third kappa shape index (κ3) is 61.6. The molecule has 0 radical (unpaired) electrons. The third-order valence-electron chi connectivity index (χ3n) is 16.2. The minimum Gasteiger partial charge on any atom is -0.462 e. The zero-order chi connectivity index (χ0) is 65.2. The predicted molar refractivity (Wildman–Crippen MR) is 354 cm³/mol. The SMILES string of the molecule is CCCCCCCCCCCCCCCC(=O)OC[C@H](COP(=O)(O)OC[C@@H](O)COP(=O)(O)OC[C@@H](COC(=O)CCCCCCCCC(C)C)OC(=O)CCCCCCCCC(C)CC)OC(=O)CCCCCCCCCCCCCCCC(C)C. The van der Waals surface area contributed by atoms with E-state index in [2.05, 4.69) is 48.5 Å². The Morgan fingerprint density at radius 2 is 0.580 bits per heavy atom.